The van der Waals surface area contributed by atoms with Gasteiger partial charge in [0.25, 0.3) is 0 Å². The molecule has 11 heavy (non-hydrogen) atoms. The number of hydrogen-bond acceptors (Lipinski definition) is 1. The average Bonchev–Trinajstić information content (AvgIpc) is 2.30. The second kappa shape index (κ2) is 3.91. The van der Waals surface area contributed by atoms with Crippen molar-refractivity contribution in [2.45, 2.75) is 13.3 Å². The van der Waals surface area contributed by atoms with Gasteiger partial charge in [0.2, 0.25) is 0 Å². The highest BCUT2D eigenvalue weighted by Gasteiger charge is 2.04. The first-order chi connectivity index (χ1) is 5.34. The smallest absolute Gasteiger partial charge is 0.126 e. The normalized spacial score (nSPS) is 18.8. The van der Waals surface area contributed by atoms with Crippen LogP contribution in [0.1, 0.15) is 13.3 Å². The largest absolute Gasteiger partial charge is 0.303 e. The average molecular weight is 148 g/mol. The molecule has 0 radical (unpaired) electrons. The third-order valence-corrected chi connectivity index (χ3v) is 1.81. The van der Waals surface area contributed by atoms with E-state index in [4.69, 9.17) is 0 Å². The van der Waals surface area contributed by atoms with Gasteiger partial charge in [-0.3, -0.25) is 0 Å². The van der Waals surface area contributed by atoms with Crippen molar-refractivity contribution >= 4 is 6.29 Å². The Morgan fingerprint density at radius 2 is 2.27 bits per heavy atom. The van der Waals surface area contributed by atoms with Crippen LogP contribution in [0.2, 0.25) is 0 Å². The van der Waals surface area contributed by atoms with Crippen LogP contribution in [-0.4, -0.2) is 6.29 Å². The summed E-state index contributed by atoms with van der Waals surface area (Å²) in [5.41, 5.74) is 1.19. The molecule has 0 N–H and O–H groups in total. The first-order valence-electron chi connectivity index (χ1n) is 3.82. The van der Waals surface area contributed by atoms with Crippen molar-refractivity contribution in [1.29, 1.82) is 0 Å². The molecule has 0 heterocycles. The number of aldehydes is 1. The second-order valence-corrected chi connectivity index (χ2v) is 2.68. The fraction of sp³-hybridized carbons (Fsp3) is 0.300. The SMILES string of the molecule is CC(C=O)C1=CC=CC=CC1. The molecule has 0 saturated carbocycles. The number of allylic oxidation sites excluding steroid dienone is 6. The molecular weight excluding hydrogens is 136 g/mol. The van der Waals surface area contributed by atoms with Crippen molar-refractivity contribution in [1.82, 2.24) is 0 Å². The Balaban J connectivity index is 2.71. The molecule has 0 spiro atoms. The first-order valence-corrected chi connectivity index (χ1v) is 3.82. The standard InChI is InChI=1S/C10H12O/c1-9(8-11)10-6-4-2-3-5-7-10/h2-6,8-9H,7H2,1H3. The van der Waals surface area contributed by atoms with E-state index in [2.05, 4.69) is 6.08 Å². The molecule has 0 aliphatic heterocycles. The predicted molar refractivity (Wildman–Crippen MR) is 46.2 cm³/mol. The third-order valence-electron chi connectivity index (χ3n) is 1.81. The van der Waals surface area contributed by atoms with Crippen LogP contribution >= 0.6 is 0 Å². The number of hydrogen-bond donors (Lipinski definition) is 0. The van der Waals surface area contributed by atoms with Gasteiger partial charge in [-0.25, -0.2) is 0 Å². The van der Waals surface area contributed by atoms with Gasteiger partial charge >= 0.3 is 0 Å². The molecule has 0 fully saturated rings. The topological polar surface area (TPSA) is 17.1 Å². The van der Waals surface area contributed by atoms with Crippen LogP contribution in [0.5, 0.6) is 0 Å². The summed E-state index contributed by atoms with van der Waals surface area (Å²) in [5, 5.41) is 0. The zero-order valence-corrected chi connectivity index (χ0v) is 6.66. The fourth-order valence-electron chi connectivity index (χ4n) is 1.02. The summed E-state index contributed by atoms with van der Waals surface area (Å²) in [6.07, 6.45) is 11.9. The molecule has 1 aliphatic rings. The molecule has 0 aromatic carbocycles. The van der Waals surface area contributed by atoms with Gasteiger partial charge in [-0.2, -0.15) is 0 Å². The summed E-state index contributed by atoms with van der Waals surface area (Å²) in [7, 11) is 0. The van der Waals surface area contributed by atoms with E-state index in [0.29, 0.717) is 0 Å². The molecule has 1 nitrogen and oxygen atoms in total. The molecule has 0 saturated heterocycles. The van der Waals surface area contributed by atoms with Crippen molar-refractivity contribution in [3.63, 3.8) is 0 Å². The lowest BCUT2D eigenvalue weighted by atomic mass is 10.00. The molecule has 0 aromatic rings. The molecular formula is C10H12O. The predicted octanol–water partition coefficient (Wildman–Crippen LogP) is 2.26. The molecule has 0 amide bonds. The molecule has 0 bridgehead atoms. The second-order valence-electron chi connectivity index (χ2n) is 2.68. The summed E-state index contributed by atoms with van der Waals surface area (Å²) in [6, 6.07) is 0. The van der Waals surface area contributed by atoms with Crippen LogP contribution < -0.4 is 0 Å². The van der Waals surface area contributed by atoms with Crippen LogP contribution in [0.15, 0.2) is 36.0 Å². The highest BCUT2D eigenvalue weighted by molar-refractivity contribution is 5.58. The minimum Gasteiger partial charge on any atom is -0.303 e. The van der Waals surface area contributed by atoms with Gasteiger partial charge in [0, 0.05) is 5.92 Å². The number of rotatable bonds is 2. The van der Waals surface area contributed by atoms with Gasteiger partial charge in [-0.1, -0.05) is 42.9 Å². The van der Waals surface area contributed by atoms with Crippen molar-refractivity contribution in [3.8, 4) is 0 Å². The minimum atomic E-state index is 0.0578. The Kier molecular flexibility index (Phi) is 2.84. The number of carbonyl (C=O) groups excluding carboxylic acids is 1. The summed E-state index contributed by atoms with van der Waals surface area (Å²) < 4.78 is 0. The summed E-state index contributed by atoms with van der Waals surface area (Å²) in [5.74, 6) is 0.0578. The zero-order chi connectivity index (χ0) is 8.10. The van der Waals surface area contributed by atoms with E-state index in [1.54, 1.807) is 0 Å². The first kappa shape index (κ1) is 7.99. The molecule has 0 aromatic heterocycles. The van der Waals surface area contributed by atoms with Gasteiger partial charge in [-0.05, 0) is 6.42 Å². The van der Waals surface area contributed by atoms with Crippen molar-refractivity contribution < 1.29 is 4.79 Å². The Hall–Kier alpha value is -1.11. The maximum atomic E-state index is 10.4. The monoisotopic (exact) mass is 148 g/mol. The Bertz CT molecular complexity index is 221. The third kappa shape index (κ3) is 2.19. The Labute approximate surface area is 67.1 Å². The van der Waals surface area contributed by atoms with E-state index in [0.717, 1.165) is 12.7 Å². The quantitative estimate of drug-likeness (QED) is 0.549. The fourth-order valence-corrected chi connectivity index (χ4v) is 1.02. The lowest BCUT2D eigenvalue weighted by molar-refractivity contribution is -0.109. The van der Waals surface area contributed by atoms with E-state index in [1.165, 1.54) is 5.57 Å². The van der Waals surface area contributed by atoms with Gasteiger partial charge in [-0.15, -0.1) is 0 Å². The minimum absolute atomic E-state index is 0.0578. The highest BCUT2D eigenvalue weighted by Crippen LogP contribution is 2.14. The molecule has 1 unspecified atom stereocenters. The van der Waals surface area contributed by atoms with Gasteiger partial charge in [0.15, 0.2) is 0 Å². The Morgan fingerprint density at radius 1 is 1.45 bits per heavy atom. The summed E-state index contributed by atoms with van der Waals surface area (Å²) >= 11 is 0. The van der Waals surface area contributed by atoms with Crippen molar-refractivity contribution in [3.05, 3.63) is 36.0 Å². The van der Waals surface area contributed by atoms with Gasteiger partial charge < -0.3 is 4.79 Å². The number of carbonyl (C=O) groups is 1. The van der Waals surface area contributed by atoms with Gasteiger partial charge in [0.1, 0.15) is 6.29 Å². The van der Waals surface area contributed by atoms with Crippen LogP contribution in [-0.2, 0) is 4.79 Å². The molecule has 1 aliphatic carbocycles. The molecule has 58 valence electrons. The maximum Gasteiger partial charge on any atom is 0.126 e. The van der Waals surface area contributed by atoms with E-state index in [9.17, 15) is 4.79 Å². The van der Waals surface area contributed by atoms with Gasteiger partial charge in [0.05, 0.1) is 0 Å². The lowest BCUT2D eigenvalue weighted by Crippen LogP contribution is -1.99. The van der Waals surface area contributed by atoms with E-state index >= 15 is 0 Å². The summed E-state index contributed by atoms with van der Waals surface area (Å²) in [4.78, 5) is 10.4. The van der Waals surface area contributed by atoms with Crippen molar-refractivity contribution in [2.24, 2.45) is 5.92 Å². The molecule has 1 atom stereocenters. The van der Waals surface area contributed by atoms with E-state index < -0.39 is 0 Å². The van der Waals surface area contributed by atoms with E-state index in [-0.39, 0.29) is 5.92 Å². The summed E-state index contributed by atoms with van der Waals surface area (Å²) in [6.45, 7) is 1.92. The lowest BCUT2D eigenvalue weighted by Gasteiger charge is -2.04. The molecule has 1 heteroatoms. The Morgan fingerprint density at radius 3 is 3.00 bits per heavy atom. The van der Waals surface area contributed by atoms with Crippen LogP contribution in [0.4, 0.5) is 0 Å². The van der Waals surface area contributed by atoms with Crippen molar-refractivity contribution in [2.75, 3.05) is 0 Å². The van der Waals surface area contributed by atoms with Crippen LogP contribution in [0.3, 0.4) is 0 Å². The zero-order valence-electron chi connectivity index (χ0n) is 6.66. The maximum absolute atomic E-state index is 10.4. The van der Waals surface area contributed by atoms with Crippen LogP contribution in [0.25, 0.3) is 0 Å². The van der Waals surface area contributed by atoms with E-state index in [1.807, 2.05) is 31.2 Å². The molecule has 1 rings (SSSR count). The highest BCUT2D eigenvalue weighted by atomic mass is 16.1. The van der Waals surface area contributed by atoms with Crippen LogP contribution in [0, 0.1) is 5.92 Å².